The van der Waals surface area contributed by atoms with Gasteiger partial charge in [0.15, 0.2) is 6.10 Å². The van der Waals surface area contributed by atoms with E-state index in [1.165, 1.54) is 19.3 Å². The maximum absolute atomic E-state index is 12.9. The second kappa shape index (κ2) is 37.0. The molecule has 2 aliphatic rings. The van der Waals surface area contributed by atoms with Crippen molar-refractivity contribution < 1.29 is 67.8 Å². The lowest BCUT2D eigenvalue weighted by Gasteiger charge is -2.41. The summed E-state index contributed by atoms with van der Waals surface area (Å²) in [5, 5.41) is 50.3. The van der Waals surface area contributed by atoms with E-state index in [0.29, 0.717) is 19.3 Å². The minimum Gasteiger partial charge on any atom is -0.462 e. The van der Waals surface area contributed by atoms with Crippen molar-refractivity contribution in [3.8, 4) is 0 Å². The molecular weight excluding hydrogens is 868 g/mol. The van der Waals surface area contributed by atoms with Crippen LogP contribution in [0.2, 0.25) is 0 Å². The van der Waals surface area contributed by atoms with Gasteiger partial charge in [-0.3, -0.25) is 18.6 Å². The number of carbonyl (C=O) groups excluding carboxylic acids is 2. The fourth-order valence-electron chi connectivity index (χ4n) is 7.13. The topological polar surface area (TPSA) is 222 Å². The molecule has 1 aliphatic heterocycles. The van der Waals surface area contributed by atoms with Crippen LogP contribution in [0.5, 0.6) is 0 Å². The standard InChI is InChI=1S/C51H83O14P/c1-3-5-7-9-11-13-15-17-18-19-20-21-22-23-25-27-29-31-33-37-44(52)61-39-41(40-62-66(59,60)65-51-49(57)47(55)46(54)48(56)50(51)58)63-45(53)38-34-36-43-42(64-43)35-32-30-28-26-24-16-14-12-10-8-6-4-2/h5,7,11-14,17-18,20-21,24,26,30,32,41-43,46-51,54-58H,3-4,6,8-10,15-16,19,22-23,25,27-29,31,33-40H2,1-2H3,(H,59,60)/b7-5-,13-11-,14-12-,18-17-,21-20-,26-24-,32-30-/t41-,42?,43?,46?,47-,48+,49-,50-,51?/m1/s1. The third kappa shape index (κ3) is 28.3. The van der Waals surface area contributed by atoms with Crippen molar-refractivity contribution >= 4 is 19.8 Å². The lowest BCUT2D eigenvalue weighted by atomic mass is 9.85. The summed E-state index contributed by atoms with van der Waals surface area (Å²) in [6.07, 6.45) is 36.4. The summed E-state index contributed by atoms with van der Waals surface area (Å²) in [6.45, 7) is 3.08. The van der Waals surface area contributed by atoms with Gasteiger partial charge in [0.25, 0.3) is 0 Å². The van der Waals surface area contributed by atoms with Crippen LogP contribution in [-0.4, -0.2) is 111 Å². The van der Waals surface area contributed by atoms with Crippen LogP contribution in [0.25, 0.3) is 0 Å². The van der Waals surface area contributed by atoms with Crippen LogP contribution in [0.1, 0.15) is 155 Å². The molecule has 0 spiro atoms. The van der Waals surface area contributed by atoms with E-state index in [2.05, 4.69) is 98.9 Å². The predicted octanol–water partition coefficient (Wildman–Crippen LogP) is 9.04. The van der Waals surface area contributed by atoms with Crippen LogP contribution < -0.4 is 0 Å². The number of carbonyl (C=O) groups is 2. The molecule has 1 aliphatic carbocycles. The van der Waals surface area contributed by atoms with E-state index in [1.54, 1.807) is 0 Å². The van der Waals surface area contributed by atoms with Gasteiger partial charge in [0.2, 0.25) is 0 Å². The van der Waals surface area contributed by atoms with Gasteiger partial charge in [-0.05, 0) is 89.9 Å². The Bertz CT molecular complexity index is 1540. The molecular formula is C51H83O14P. The number of esters is 2. The lowest BCUT2D eigenvalue weighted by Crippen LogP contribution is -2.64. The van der Waals surface area contributed by atoms with E-state index in [-0.39, 0.29) is 25.0 Å². The van der Waals surface area contributed by atoms with Crippen LogP contribution in [0.15, 0.2) is 85.1 Å². The number of hydrogen-bond donors (Lipinski definition) is 6. The van der Waals surface area contributed by atoms with Crippen molar-refractivity contribution in [3.05, 3.63) is 85.1 Å². The smallest absolute Gasteiger partial charge is 0.462 e. The van der Waals surface area contributed by atoms with Crippen molar-refractivity contribution in [2.24, 2.45) is 0 Å². The highest BCUT2D eigenvalue weighted by atomic mass is 31.2. The number of allylic oxidation sites excluding steroid dienone is 13. The quantitative estimate of drug-likeness (QED) is 0.0112. The first-order chi connectivity index (χ1) is 31.9. The fraction of sp³-hybridized carbons (Fsp3) is 0.686. The fourth-order valence-corrected chi connectivity index (χ4v) is 8.10. The van der Waals surface area contributed by atoms with E-state index in [0.717, 1.165) is 89.9 Å². The average molecular weight is 951 g/mol. The van der Waals surface area contributed by atoms with Gasteiger partial charge >= 0.3 is 19.8 Å². The van der Waals surface area contributed by atoms with Crippen LogP contribution in [0.4, 0.5) is 0 Å². The lowest BCUT2D eigenvalue weighted by molar-refractivity contribution is -0.220. The van der Waals surface area contributed by atoms with Gasteiger partial charge in [-0.1, -0.05) is 137 Å². The molecule has 376 valence electrons. The zero-order chi connectivity index (χ0) is 48.3. The van der Waals surface area contributed by atoms with Crippen LogP contribution in [0.3, 0.4) is 0 Å². The number of ether oxygens (including phenoxy) is 3. The van der Waals surface area contributed by atoms with Gasteiger partial charge in [0, 0.05) is 12.8 Å². The highest BCUT2D eigenvalue weighted by Crippen LogP contribution is 2.47. The zero-order valence-corrected chi connectivity index (χ0v) is 40.5. The Balaban J connectivity index is 1.73. The van der Waals surface area contributed by atoms with E-state index in [9.17, 15) is 44.6 Å². The number of unbranched alkanes of at least 4 members (excludes halogenated alkanes) is 9. The zero-order valence-electron chi connectivity index (χ0n) is 39.6. The maximum atomic E-state index is 12.9. The van der Waals surface area contributed by atoms with Crippen molar-refractivity contribution in [2.75, 3.05) is 13.2 Å². The Labute approximate surface area is 394 Å². The number of hydrogen-bond acceptors (Lipinski definition) is 13. The Morgan fingerprint density at radius 3 is 1.62 bits per heavy atom. The summed E-state index contributed by atoms with van der Waals surface area (Å²) < 4.78 is 39.4. The summed E-state index contributed by atoms with van der Waals surface area (Å²) in [7, 11) is -5.16. The van der Waals surface area contributed by atoms with Gasteiger partial charge in [0.1, 0.15) is 43.2 Å². The van der Waals surface area contributed by atoms with Crippen LogP contribution in [-0.2, 0) is 37.4 Å². The normalized spacial score (nSPS) is 25.1. The minimum atomic E-state index is -5.16. The minimum absolute atomic E-state index is 0.000000792. The average Bonchev–Trinajstić information content (AvgIpc) is 4.06. The maximum Gasteiger partial charge on any atom is 0.472 e. The van der Waals surface area contributed by atoms with Gasteiger partial charge in [-0.15, -0.1) is 0 Å². The Hall–Kier alpha value is -3.01. The van der Waals surface area contributed by atoms with Gasteiger partial charge < -0.3 is 44.6 Å². The number of aliphatic hydroxyl groups excluding tert-OH is 5. The largest absolute Gasteiger partial charge is 0.472 e. The number of phosphoric acid groups is 1. The molecule has 0 aromatic heterocycles. The van der Waals surface area contributed by atoms with E-state index < -0.39 is 75.7 Å². The predicted molar refractivity (Wildman–Crippen MR) is 257 cm³/mol. The third-order valence-corrected chi connectivity index (χ3v) is 12.1. The molecule has 5 unspecified atom stereocenters. The number of rotatable bonds is 38. The molecule has 2 rings (SSSR count). The second-order valence-electron chi connectivity index (χ2n) is 17.0. The molecule has 2 fully saturated rings. The first kappa shape index (κ1) is 59.1. The van der Waals surface area contributed by atoms with Gasteiger partial charge in [0.05, 0.1) is 18.8 Å². The molecule has 1 heterocycles. The van der Waals surface area contributed by atoms with E-state index in [4.69, 9.17) is 23.3 Å². The summed E-state index contributed by atoms with van der Waals surface area (Å²) >= 11 is 0. The van der Waals surface area contributed by atoms with Crippen molar-refractivity contribution in [3.63, 3.8) is 0 Å². The van der Waals surface area contributed by atoms with E-state index in [1.807, 2.05) is 0 Å². The number of epoxide rings is 1. The van der Waals surface area contributed by atoms with Crippen molar-refractivity contribution in [1.29, 1.82) is 0 Å². The molecule has 66 heavy (non-hydrogen) atoms. The second-order valence-corrected chi connectivity index (χ2v) is 18.4. The molecule has 15 heteroatoms. The Morgan fingerprint density at radius 2 is 1.05 bits per heavy atom. The van der Waals surface area contributed by atoms with Gasteiger partial charge in [-0.25, -0.2) is 4.57 Å². The number of aliphatic hydroxyl groups is 5. The number of phosphoric ester groups is 1. The summed E-state index contributed by atoms with van der Waals surface area (Å²) in [6, 6.07) is 0. The first-order valence-electron chi connectivity index (χ1n) is 24.5. The monoisotopic (exact) mass is 951 g/mol. The van der Waals surface area contributed by atoms with Crippen molar-refractivity contribution in [1.82, 2.24) is 0 Å². The molecule has 0 aromatic rings. The summed E-state index contributed by atoms with van der Waals surface area (Å²) in [4.78, 5) is 35.9. The molecule has 0 aromatic carbocycles. The highest BCUT2D eigenvalue weighted by molar-refractivity contribution is 7.47. The SMILES string of the molecule is CC/C=C\C/C=C\C/C=C\C/C=C\CCCCCCCCC(=O)OC[C@H](COP(=O)(O)OC1[C@H](O)[C@H](O)C(O)[C@H](O)[C@H]1O)OC(=O)CCCC1OC1C/C=C\C/C=C\C/C=C\CCCCC. The third-order valence-electron chi connectivity index (χ3n) is 11.1. The molecule has 0 radical (unpaired) electrons. The molecule has 0 bridgehead atoms. The Morgan fingerprint density at radius 1 is 0.561 bits per heavy atom. The summed E-state index contributed by atoms with van der Waals surface area (Å²) in [5.41, 5.74) is 0. The molecule has 1 saturated heterocycles. The molecule has 14 nitrogen and oxygen atoms in total. The first-order valence-corrected chi connectivity index (χ1v) is 26.0. The van der Waals surface area contributed by atoms with Crippen LogP contribution >= 0.6 is 7.82 Å². The highest BCUT2D eigenvalue weighted by Gasteiger charge is 2.51. The van der Waals surface area contributed by atoms with E-state index >= 15 is 0 Å². The Kier molecular flexibility index (Phi) is 33.1. The van der Waals surface area contributed by atoms with Crippen molar-refractivity contribution in [2.45, 2.75) is 210 Å². The van der Waals surface area contributed by atoms with Crippen LogP contribution in [0, 0.1) is 0 Å². The molecule has 1 saturated carbocycles. The van der Waals surface area contributed by atoms with Gasteiger partial charge in [-0.2, -0.15) is 0 Å². The molecule has 0 amide bonds. The molecule has 10 atom stereocenters. The summed E-state index contributed by atoms with van der Waals surface area (Å²) in [5.74, 6) is -1.20. The molecule has 6 N–H and O–H groups in total.